The Morgan fingerprint density at radius 2 is 1.11 bits per heavy atom. The Hall–Kier alpha value is 0.814. The van der Waals surface area contributed by atoms with Gasteiger partial charge in [-0.1, -0.05) is 38.9 Å². The zero-order chi connectivity index (χ0) is 7.70. The van der Waals surface area contributed by atoms with Crippen molar-refractivity contribution >= 4 is 26.5 Å². The van der Waals surface area contributed by atoms with Crippen molar-refractivity contribution in [3.05, 3.63) is 0 Å². The van der Waals surface area contributed by atoms with Crippen LogP contribution in [0.4, 0.5) is 0 Å². The number of hydrogen-bond donors (Lipinski definition) is 0. The molecule has 0 aromatic rings. The van der Waals surface area contributed by atoms with Gasteiger partial charge in [-0.3, -0.25) is 0 Å². The fourth-order valence-electron chi connectivity index (χ4n) is 0.750. The maximum atomic E-state index is 2.31. The van der Waals surface area contributed by atoms with E-state index in [1.165, 1.54) is 18.1 Å². The minimum atomic E-state index is 0.137. The summed E-state index contributed by atoms with van der Waals surface area (Å²) >= 11 is 2.00. The fraction of sp³-hybridized carbons (Fsp3) is 1.00. The van der Waals surface area contributed by atoms with E-state index in [4.69, 9.17) is 0 Å². The first-order valence-electron chi connectivity index (χ1n) is 4.18. The molecule has 0 rings (SSSR count). The standard InChI is InChI=1S/C6H15Si.CH3.Li/c1-4-7(5-2)6-3;;/h4-6H2,1-3H3;1H3;. The second-order valence-electron chi connectivity index (χ2n) is 1.81. The van der Waals surface area contributed by atoms with Crippen molar-refractivity contribution < 1.29 is 0 Å². The Kier molecular flexibility index (Phi) is 16.1. The van der Waals surface area contributed by atoms with Gasteiger partial charge in [-0.25, -0.2) is 0 Å². The quantitative estimate of drug-likeness (QED) is 0.525. The van der Waals surface area contributed by atoms with Crippen molar-refractivity contribution in [2.45, 2.75) is 44.5 Å². The molecule has 9 heavy (non-hydrogen) atoms. The maximum absolute atomic E-state index is 2.31. The summed E-state index contributed by atoms with van der Waals surface area (Å²) in [5.41, 5.74) is 2.00. The summed E-state index contributed by atoms with van der Waals surface area (Å²) in [6.07, 6.45) is 0. The van der Waals surface area contributed by atoms with Crippen molar-refractivity contribution in [1.82, 2.24) is 0 Å². The summed E-state index contributed by atoms with van der Waals surface area (Å²) in [5, 5.41) is 0. The molecule has 0 unspecified atom stereocenters. The van der Waals surface area contributed by atoms with E-state index in [1.54, 1.807) is 0 Å². The first-order chi connectivity index (χ1) is 4.35. The van der Waals surface area contributed by atoms with Crippen LogP contribution < -0.4 is 0 Å². The summed E-state index contributed by atoms with van der Waals surface area (Å²) in [4.78, 5) is 0. The van der Waals surface area contributed by atoms with Gasteiger partial charge in [-0.05, 0) is 0 Å². The third kappa shape index (κ3) is 8.81. The molecular formula is C7H18LiSi. The molecule has 0 aromatic carbocycles. The van der Waals surface area contributed by atoms with Gasteiger partial charge in [0.05, 0.1) is 0 Å². The van der Waals surface area contributed by atoms with Crippen molar-refractivity contribution in [3.8, 4) is 0 Å². The molecule has 0 amide bonds. The van der Waals surface area contributed by atoms with Crippen LogP contribution in [-0.2, 0) is 0 Å². The van der Waals surface area contributed by atoms with E-state index in [2.05, 4.69) is 20.8 Å². The monoisotopic (exact) mass is 137 g/mol. The van der Waals surface area contributed by atoms with E-state index < -0.39 is 0 Å². The molecule has 0 aliphatic carbocycles. The van der Waals surface area contributed by atoms with Gasteiger partial charge in [0.15, 0.2) is 0 Å². The molecule has 0 bridgehead atoms. The van der Waals surface area contributed by atoms with Gasteiger partial charge in [-0.15, -0.1) is 0 Å². The Morgan fingerprint density at radius 1 is 0.889 bits per heavy atom. The second kappa shape index (κ2) is 11.6. The molecule has 0 heterocycles. The van der Waals surface area contributed by atoms with Gasteiger partial charge in [0.1, 0.15) is 0 Å². The zero-order valence-electron chi connectivity index (χ0n) is 7.62. The van der Waals surface area contributed by atoms with Crippen LogP contribution in [0.1, 0.15) is 20.8 Å². The van der Waals surface area contributed by atoms with Gasteiger partial charge < -0.3 is 0 Å². The molecule has 2 heteroatoms. The van der Waals surface area contributed by atoms with E-state index in [1.807, 2.05) is 23.3 Å². The Balaban J connectivity index is 0. The van der Waals surface area contributed by atoms with Crippen LogP contribution in [0.3, 0.4) is 0 Å². The van der Waals surface area contributed by atoms with Crippen molar-refractivity contribution in [1.29, 1.82) is 0 Å². The van der Waals surface area contributed by atoms with E-state index in [-0.39, 0.29) is 8.80 Å². The summed E-state index contributed by atoms with van der Waals surface area (Å²) < 4.78 is 0. The predicted molar refractivity (Wildman–Crippen MR) is 48.8 cm³/mol. The van der Waals surface area contributed by atoms with Gasteiger partial charge in [0, 0.05) is 8.80 Å². The summed E-state index contributed by atoms with van der Waals surface area (Å²) in [6.45, 7) is 6.92. The third-order valence-corrected chi connectivity index (χ3v) is 4.50. The van der Waals surface area contributed by atoms with Gasteiger partial charge >= 0.3 is 23.3 Å². The number of hydrogen-bond acceptors (Lipinski definition) is 0. The molecule has 51 valence electrons. The molecule has 0 aliphatic rings. The molecule has 0 nitrogen and oxygen atoms in total. The van der Waals surface area contributed by atoms with Crippen LogP contribution in [0.2, 0.25) is 23.7 Å². The van der Waals surface area contributed by atoms with E-state index in [0.717, 1.165) is 0 Å². The van der Waals surface area contributed by atoms with Gasteiger partial charge in [-0.2, -0.15) is 0 Å². The van der Waals surface area contributed by atoms with Crippen LogP contribution in [0, 0.1) is 0 Å². The molecule has 0 N–H and O–H groups in total. The SMILES string of the molecule is CC[Si](CC)CC.[Li][CH3]. The van der Waals surface area contributed by atoms with Crippen LogP contribution >= 0.6 is 0 Å². The van der Waals surface area contributed by atoms with Crippen LogP contribution in [0.5, 0.6) is 0 Å². The molecule has 1 radical (unpaired) electrons. The van der Waals surface area contributed by atoms with Crippen LogP contribution in [0.15, 0.2) is 0 Å². The van der Waals surface area contributed by atoms with E-state index in [0.29, 0.717) is 0 Å². The van der Waals surface area contributed by atoms with Gasteiger partial charge in [0.25, 0.3) is 0 Å². The van der Waals surface area contributed by atoms with Crippen LogP contribution in [0.25, 0.3) is 0 Å². The molecule has 0 atom stereocenters. The molecule has 0 aliphatic heterocycles. The van der Waals surface area contributed by atoms with Crippen LogP contribution in [-0.4, -0.2) is 26.5 Å². The van der Waals surface area contributed by atoms with E-state index in [9.17, 15) is 0 Å². The van der Waals surface area contributed by atoms with Crippen molar-refractivity contribution in [2.75, 3.05) is 0 Å². The fourth-order valence-corrected chi connectivity index (χ4v) is 2.25. The van der Waals surface area contributed by atoms with Crippen molar-refractivity contribution in [2.24, 2.45) is 0 Å². The molecule has 0 saturated heterocycles. The third-order valence-electron chi connectivity index (χ3n) is 1.50. The topological polar surface area (TPSA) is 0 Å². The first-order valence-corrected chi connectivity index (χ1v) is 6.30. The zero-order valence-corrected chi connectivity index (χ0v) is 8.62. The van der Waals surface area contributed by atoms with Crippen molar-refractivity contribution in [3.63, 3.8) is 0 Å². The molecule has 0 spiro atoms. The first kappa shape index (κ1) is 12.5. The molecule has 0 saturated carbocycles. The number of rotatable bonds is 3. The Labute approximate surface area is 71.2 Å². The average molecular weight is 137 g/mol. The molecular weight excluding hydrogens is 119 g/mol. The molecule has 0 aromatic heterocycles. The second-order valence-corrected chi connectivity index (χ2v) is 5.43. The van der Waals surface area contributed by atoms with E-state index >= 15 is 0 Å². The summed E-state index contributed by atoms with van der Waals surface area (Å²) in [7, 11) is 0.137. The average Bonchev–Trinajstić information content (AvgIpc) is 1.96. The summed E-state index contributed by atoms with van der Waals surface area (Å²) in [5.74, 6) is 0. The predicted octanol–water partition coefficient (Wildman–Crippen LogP) is 2.74. The van der Waals surface area contributed by atoms with Gasteiger partial charge in [0.2, 0.25) is 0 Å². The molecule has 0 fully saturated rings. The normalized spacial score (nSPS) is 8.78. The minimum absolute atomic E-state index is 0.137. The Morgan fingerprint density at radius 3 is 1.11 bits per heavy atom. The summed E-state index contributed by atoms with van der Waals surface area (Å²) in [6, 6.07) is 4.37. The Bertz CT molecular complexity index is 30.4.